The first-order chi connectivity index (χ1) is 11.7. The van der Waals surface area contributed by atoms with Gasteiger partial charge in [0.1, 0.15) is 0 Å². The lowest BCUT2D eigenvalue weighted by Crippen LogP contribution is -2.41. The summed E-state index contributed by atoms with van der Waals surface area (Å²) in [6.07, 6.45) is 3.66. The first-order valence-corrected chi connectivity index (χ1v) is 8.42. The van der Waals surface area contributed by atoms with Gasteiger partial charge in [0.2, 0.25) is 5.91 Å². The van der Waals surface area contributed by atoms with Crippen molar-refractivity contribution in [3.63, 3.8) is 0 Å². The third-order valence-corrected chi connectivity index (χ3v) is 4.92. The molecule has 3 rings (SSSR count). The molecule has 1 saturated heterocycles. The highest BCUT2D eigenvalue weighted by atomic mass is 16.7. The van der Waals surface area contributed by atoms with Crippen molar-refractivity contribution >= 4 is 30.1 Å². The second-order valence-electron chi connectivity index (χ2n) is 7.36. The maximum absolute atomic E-state index is 11.4. The van der Waals surface area contributed by atoms with E-state index in [9.17, 15) is 4.79 Å². The van der Waals surface area contributed by atoms with Crippen LogP contribution in [0.1, 0.15) is 40.2 Å². The number of para-hydroxylation sites is 1. The number of carbonyl (C=O) groups is 1. The van der Waals surface area contributed by atoms with Gasteiger partial charge in [0.25, 0.3) is 0 Å². The number of amides is 1. The molecule has 1 fully saturated rings. The minimum absolute atomic E-state index is 0.0969. The number of imidazole rings is 1. The van der Waals surface area contributed by atoms with Crippen LogP contribution in [0.4, 0.5) is 0 Å². The monoisotopic (exact) mass is 341 g/mol. The van der Waals surface area contributed by atoms with Crippen LogP contribution in [0.2, 0.25) is 0 Å². The molecule has 2 N–H and O–H groups in total. The Morgan fingerprint density at radius 2 is 1.96 bits per heavy atom. The van der Waals surface area contributed by atoms with Gasteiger partial charge in [-0.2, -0.15) is 0 Å². The Morgan fingerprint density at radius 1 is 1.28 bits per heavy atom. The van der Waals surface area contributed by atoms with Gasteiger partial charge < -0.3 is 19.6 Å². The summed E-state index contributed by atoms with van der Waals surface area (Å²) in [5, 5.41) is 2.84. The van der Waals surface area contributed by atoms with Gasteiger partial charge >= 0.3 is 7.12 Å². The predicted molar refractivity (Wildman–Crippen MR) is 98.8 cm³/mol. The minimum Gasteiger partial charge on any atom is -0.400 e. The van der Waals surface area contributed by atoms with Crippen molar-refractivity contribution in [2.75, 3.05) is 6.54 Å². The fourth-order valence-electron chi connectivity index (χ4n) is 2.73. The van der Waals surface area contributed by atoms with Gasteiger partial charge in [-0.25, -0.2) is 4.98 Å². The minimum atomic E-state index is -0.522. The highest BCUT2D eigenvalue weighted by molar-refractivity contribution is 6.56. The summed E-state index contributed by atoms with van der Waals surface area (Å²) in [4.78, 5) is 18.9. The highest BCUT2D eigenvalue weighted by Gasteiger charge is 2.52. The van der Waals surface area contributed by atoms with Crippen molar-refractivity contribution in [1.29, 1.82) is 0 Å². The number of fused-ring (bicyclic) bond motifs is 1. The van der Waals surface area contributed by atoms with Crippen molar-refractivity contribution in [3.8, 4) is 0 Å². The molecule has 0 unspecified atom stereocenters. The van der Waals surface area contributed by atoms with Crippen LogP contribution in [0.3, 0.4) is 0 Å². The molecule has 0 saturated carbocycles. The summed E-state index contributed by atoms with van der Waals surface area (Å²) in [7, 11) is -0.522. The van der Waals surface area contributed by atoms with Crippen molar-refractivity contribution in [2.24, 2.45) is 0 Å². The fourth-order valence-corrected chi connectivity index (χ4v) is 2.73. The summed E-state index contributed by atoms with van der Waals surface area (Å²) in [5.74, 6) is -0.0969. The topological polar surface area (TPSA) is 76.2 Å². The molecule has 1 aliphatic rings. The number of aromatic amines is 1. The number of benzene rings is 1. The van der Waals surface area contributed by atoms with Crippen LogP contribution < -0.4 is 5.32 Å². The molecule has 0 radical (unpaired) electrons. The second kappa shape index (κ2) is 6.31. The Morgan fingerprint density at radius 3 is 2.60 bits per heavy atom. The van der Waals surface area contributed by atoms with E-state index in [0.29, 0.717) is 6.54 Å². The van der Waals surface area contributed by atoms with E-state index in [4.69, 9.17) is 9.31 Å². The number of rotatable bonds is 4. The van der Waals surface area contributed by atoms with Crippen molar-refractivity contribution < 1.29 is 14.1 Å². The quantitative estimate of drug-likeness (QED) is 0.839. The lowest BCUT2D eigenvalue weighted by atomic mass is 9.77. The summed E-state index contributed by atoms with van der Waals surface area (Å²) >= 11 is 0. The fraction of sp³-hybridized carbons (Fsp3) is 0.444. The third kappa shape index (κ3) is 3.48. The maximum atomic E-state index is 11.4. The van der Waals surface area contributed by atoms with Gasteiger partial charge in [0.15, 0.2) is 0 Å². The number of hydrogen-bond donors (Lipinski definition) is 2. The number of carbonyl (C=O) groups excluding carboxylic acids is 1. The normalized spacial score (nSPS) is 19.4. The van der Waals surface area contributed by atoms with E-state index in [1.807, 2.05) is 52.0 Å². The van der Waals surface area contributed by atoms with Gasteiger partial charge in [-0.05, 0) is 39.2 Å². The van der Waals surface area contributed by atoms with Crippen molar-refractivity contribution in [1.82, 2.24) is 15.3 Å². The van der Waals surface area contributed by atoms with E-state index >= 15 is 0 Å². The van der Waals surface area contributed by atoms with Crippen LogP contribution in [-0.2, 0) is 14.1 Å². The predicted octanol–water partition coefficient (Wildman–Crippen LogP) is 2.71. The molecule has 0 spiro atoms. The molecule has 1 aliphatic heterocycles. The Bertz CT molecular complexity index is 810. The molecule has 25 heavy (non-hydrogen) atoms. The van der Waals surface area contributed by atoms with E-state index in [2.05, 4.69) is 15.3 Å². The highest BCUT2D eigenvalue weighted by Crippen LogP contribution is 2.38. The maximum Gasteiger partial charge on any atom is 0.492 e. The summed E-state index contributed by atoms with van der Waals surface area (Å²) in [6, 6.07) is 5.93. The molecule has 132 valence electrons. The first-order valence-electron chi connectivity index (χ1n) is 8.42. The number of aromatic nitrogens is 2. The van der Waals surface area contributed by atoms with Crippen LogP contribution in [0.15, 0.2) is 30.0 Å². The van der Waals surface area contributed by atoms with Crippen molar-refractivity contribution in [2.45, 2.75) is 45.8 Å². The Kier molecular flexibility index (Phi) is 4.47. The molecule has 7 heteroatoms. The lowest BCUT2D eigenvalue weighted by Gasteiger charge is -2.32. The third-order valence-electron chi connectivity index (χ3n) is 4.92. The zero-order valence-corrected chi connectivity index (χ0v) is 15.3. The molecule has 0 bridgehead atoms. The molecule has 1 amide bonds. The van der Waals surface area contributed by atoms with E-state index in [1.165, 1.54) is 6.92 Å². The van der Waals surface area contributed by atoms with Gasteiger partial charge in [0.05, 0.1) is 28.6 Å². The van der Waals surface area contributed by atoms with E-state index in [1.54, 1.807) is 6.33 Å². The number of H-pyrrole nitrogens is 1. The average molecular weight is 341 g/mol. The van der Waals surface area contributed by atoms with E-state index < -0.39 is 18.3 Å². The Hall–Kier alpha value is -2.12. The Balaban J connectivity index is 1.98. The summed E-state index contributed by atoms with van der Waals surface area (Å²) in [6.45, 7) is 9.90. The van der Waals surface area contributed by atoms with Crippen LogP contribution in [0.25, 0.3) is 17.1 Å². The Labute approximate surface area is 148 Å². The zero-order valence-electron chi connectivity index (χ0n) is 15.3. The summed E-state index contributed by atoms with van der Waals surface area (Å²) in [5.41, 5.74) is 2.76. The summed E-state index contributed by atoms with van der Waals surface area (Å²) < 4.78 is 12.3. The van der Waals surface area contributed by atoms with Gasteiger partial charge in [-0.3, -0.25) is 4.79 Å². The molecular formula is C18H24BN3O3. The molecule has 6 nitrogen and oxygen atoms in total. The molecule has 2 aromatic rings. The van der Waals surface area contributed by atoms with Gasteiger partial charge in [0, 0.05) is 19.0 Å². The van der Waals surface area contributed by atoms with E-state index in [-0.39, 0.29) is 5.91 Å². The van der Waals surface area contributed by atoms with Gasteiger partial charge in [-0.15, -0.1) is 0 Å². The average Bonchev–Trinajstić information content (AvgIpc) is 3.06. The largest absolute Gasteiger partial charge is 0.492 e. The number of nitrogens with one attached hydrogen (secondary N) is 2. The van der Waals surface area contributed by atoms with Crippen LogP contribution in [0.5, 0.6) is 0 Å². The van der Waals surface area contributed by atoms with Crippen molar-refractivity contribution in [3.05, 3.63) is 35.6 Å². The molecule has 1 aromatic heterocycles. The molecular weight excluding hydrogens is 317 g/mol. The second-order valence-corrected chi connectivity index (χ2v) is 7.36. The number of hydrogen-bond acceptors (Lipinski definition) is 4. The standard InChI is InChI=1S/C18H24BN3O3/c1-12(23)20-10-14(19-24-17(2,3)18(4,5)25-19)9-13-7-6-8-15-16(13)22-11-21-15/h6-9,11H,10H2,1-5H3,(H,20,23)(H,21,22). The number of nitrogens with zero attached hydrogens (tertiary/aromatic N) is 1. The first kappa shape index (κ1) is 17.7. The zero-order chi connectivity index (χ0) is 18.2. The lowest BCUT2D eigenvalue weighted by molar-refractivity contribution is -0.118. The molecule has 0 atom stereocenters. The van der Waals surface area contributed by atoms with Crippen LogP contribution in [0, 0.1) is 0 Å². The van der Waals surface area contributed by atoms with E-state index in [0.717, 1.165) is 22.1 Å². The van der Waals surface area contributed by atoms with Gasteiger partial charge in [-0.1, -0.05) is 18.2 Å². The SMILES string of the molecule is CC(=O)NCC(=Cc1cccc2[nH]cnc12)B1OC(C)(C)C(C)(C)O1. The molecule has 2 heterocycles. The van der Waals surface area contributed by atoms with Crippen LogP contribution >= 0.6 is 0 Å². The molecule has 1 aromatic carbocycles. The molecule has 0 aliphatic carbocycles. The smallest absolute Gasteiger partial charge is 0.400 e. The van der Waals surface area contributed by atoms with Crippen LogP contribution in [-0.4, -0.2) is 40.7 Å².